The van der Waals surface area contributed by atoms with E-state index in [9.17, 15) is 4.79 Å². The first kappa shape index (κ1) is 16.9. The zero-order valence-corrected chi connectivity index (χ0v) is 14.1. The van der Waals surface area contributed by atoms with Crippen LogP contribution in [0.15, 0.2) is 12.1 Å². The SMILES string of the molecule is CC(C(=O)NC1CCc2c1ccc(Cl)c2Cl)C1CNC1.Cl. The molecule has 3 nitrogen and oxygen atoms in total. The Bertz CT molecular complexity index is 546. The molecule has 1 aliphatic heterocycles. The molecule has 21 heavy (non-hydrogen) atoms. The molecule has 1 aromatic rings. The van der Waals surface area contributed by atoms with Crippen molar-refractivity contribution >= 4 is 41.5 Å². The van der Waals surface area contributed by atoms with Gasteiger partial charge in [0.1, 0.15) is 0 Å². The normalized spacial score (nSPS) is 22.0. The molecule has 0 aromatic heterocycles. The Kier molecular flexibility index (Phi) is 5.42. The van der Waals surface area contributed by atoms with Crippen LogP contribution in [0.2, 0.25) is 10.0 Å². The fraction of sp³-hybridized carbons (Fsp3) is 0.533. The Morgan fingerprint density at radius 3 is 2.71 bits per heavy atom. The molecule has 2 N–H and O–H groups in total. The highest BCUT2D eigenvalue weighted by Gasteiger charge is 2.32. The Labute approximate surface area is 141 Å². The smallest absolute Gasteiger partial charge is 0.223 e. The van der Waals surface area contributed by atoms with Gasteiger partial charge in [-0.2, -0.15) is 0 Å². The molecule has 6 heteroatoms. The maximum absolute atomic E-state index is 12.3. The van der Waals surface area contributed by atoms with Crippen molar-refractivity contribution in [2.45, 2.75) is 25.8 Å². The van der Waals surface area contributed by atoms with Crippen LogP contribution in [-0.4, -0.2) is 19.0 Å². The molecule has 1 saturated heterocycles. The Balaban J connectivity index is 0.00000161. The van der Waals surface area contributed by atoms with Gasteiger partial charge >= 0.3 is 0 Å². The summed E-state index contributed by atoms with van der Waals surface area (Å²) >= 11 is 12.3. The fourth-order valence-corrected chi connectivity index (χ4v) is 3.41. The zero-order valence-electron chi connectivity index (χ0n) is 11.8. The van der Waals surface area contributed by atoms with Gasteiger partial charge in [0.25, 0.3) is 0 Å². The highest BCUT2D eigenvalue weighted by molar-refractivity contribution is 6.42. The summed E-state index contributed by atoms with van der Waals surface area (Å²) < 4.78 is 0. The molecule has 1 fully saturated rings. The number of hydrogen-bond donors (Lipinski definition) is 2. The highest BCUT2D eigenvalue weighted by atomic mass is 35.5. The largest absolute Gasteiger partial charge is 0.349 e. The lowest BCUT2D eigenvalue weighted by Gasteiger charge is -2.32. The van der Waals surface area contributed by atoms with Crippen LogP contribution in [0.1, 0.15) is 30.5 Å². The molecule has 0 radical (unpaired) electrons. The topological polar surface area (TPSA) is 41.1 Å². The molecule has 2 atom stereocenters. The van der Waals surface area contributed by atoms with Crippen molar-refractivity contribution in [2.24, 2.45) is 11.8 Å². The molecule has 1 aromatic carbocycles. The molecule has 116 valence electrons. The lowest BCUT2D eigenvalue weighted by Crippen LogP contribution is -2.49. The molecule has 3 rings (SSSR count). The summed E-state index contributed by atoms with van der Waals surface area (Å²) in [6.45, 7) is 3.89. The minimum Gasteiger partial charge on any atom is -0.349 e. The zero-order chi connectivity index (χ0) is 14.3. The number of halogens is 3. The van der Waals surface area contributed by atoms with Gasteiger partial charge in [0.05, 0.1) is 16.1 Å². The molecule has 1 heterocycles. The minimum absolute atomic E-state index is 0. The third-order valence-corrected chi connectivity index (χ3v) is 5.38. The molecule has 1 amide bonds. The van der Waals surface area contributed by atoms with Crippen molar-refractivity contribution in [1.82, 2.24) is 10.6 Å². The first-order chi connectivity index (χ1) is 9.58. The Hall–Kier alpha value is -0.480. The summed E-state index contributed by atoms with van der Waals surface area (Å²) in [4.78, 5) is 12.3. The quantitative estimate of drug-likeness (QED) is 0.878. The Morgan fingerprint density at radius 1 is 1.38 bits per heavy atom. The van der Waals surface area contributed by atoms with Crippen molar-refractivity contribution < 1.29 is 4.79 Å². The second-order valence-corrected chi connectivity index (χ2v) is 6.52. The average Bonchev–Trinajstić information content (AvgIpc) is 2.75. The highest BCUT2D eigenvalue weighted by Crippen LogP contribution is 2.39. The molecule has 1 aliphatic carbocycles. The second-order valence-electron chi connectivity index (χ2n) is 5.74. The van der Waals surface area contributed by atoms with Crippen LogP contribution in [-0.2, 0) is 11.2 Å². The maximum Gasteiger partial charge on any atom is 0.223 e. The van der Waals surface area contributed by atoms with E-state index in [0.29, 0.717) is 16.0 Å². The van der Waals surface area contributed by atoms with Crippen LogP contribution in [0.25, 0.3) is 0 Å². The number of rotatable bonds is 3. The molecule has 0 bridgehead atoms. The number of hydrogen-bond acceptors (Lipinski definition) is 2. The lowest BCUT2D eigenvalue weighted by atomic mass is 9.88. The van der Waals surface area contributed by atoms with E-state index >= 15 is 0 Å². The third kappa shape index (κ3) is 3.16. The van der Waals surface area contributed by atoms with E-state index in [2.05, 4.69) is 10.6 Å². The first-order valence-corrected chi connectivity index (χ1v) is 7.81. The van der Waals surface area contributed by atoms with Crippen molar-refractivity contribution in [3.63, 3.8) is 0 Å². The van der Waals surface area contributed by atoms with Crippen molar-refractivity contribution in [2.75, 3.05) is 13.1 Å². The van der Waals surface area contributed by atoms with E-state index in [1.54, 1.807) is 0 Å². The van der Waals surface area contributed by atoms with E-state index < -0.39 is 0 Å². The van der Waals surface area contributed by atoms with Gasteiger partial charge in [0.15, 0.2) is 0 Å². The van der Waals surface area contributed by atoms with Gasteiger partial charge in [-0.15, -0.1) is 12.4 Å². The monoisotopic (exact) mass is 348 g/mol. The van der Waals surface area contributed by atoms with Crippen LogP contribution < -0.4 is 10.6 Å². The van der Waals surface area contributed by atoms with Crippen LogP contribution >= 0.6 is 35.6 Å². The van der Waals surface area contributed by atoms with Gasteiger partial charge in [0.2, 0.25) is 5.91 Å². The van der Waals surface area contributed by atoms with Crippen molar-refractivity contribution in [3.8, 4) is 0 Å². The van der Waals surface area contributed by atoms with Crippen LogP contribution in [0.5, 0.6) is 0 Å². The van der Waals surface area contributed by atoms with Crippen LogP contribution in [0.3, 0.4) is 0 Å². The standard InChI is InChI=1S/C15H18Cl2N2O.ClH/c1-8(9-6-18-7-9)15(20)19-13-5-3-11-10(13)2-4-12(16)14(11)17;/h2,4,8-9,13,18H,3,5-7H2,1H3,(H,19,20);1H. The van der Waals surface area contributed by atoms with E-state index in [0.717, 1.165) is 37.1 Å². The molecular formula is C15H19Cl3N2O. The predicted octanol–water partition coefficient (Wildman–Crippen LogP) is 3.37. The van der Waals surface area contributed by atoms with Crippen molar-refractivity contribution in [1.29, 1.82) is 0 Å². The number of amides is 1. The first-order valence-electron chi connectivity index (χ1n) is 7.05. The molecule has 0 spiro atoms. The number of benzene rings is 1. The number of nitrogens with one attached hydrogen (secondary N) is 2. The van der Waals surface area contributed by atoms with E-state index in [1.807, 2.05) is 19.1 Å². The summed E-state index contributed by atoms with van der Waals surface area (Å²) in [5, 5.41) is 7.60. The maximum atomic E-state index is 12.3. The van der Waals surface area contributed by atoms with Crippen LogP contribution in [0, 0.1) is 11.8 Å². The summed E-state index contributed by atoms with van der Waals surface area (Å²) in [5.41, 5.74) is 2.20. The summed E-state index contributed by atoms with van der Waals surface area (Å²) in [5.74, 6) is 0.660. The van der Waals surface area contributed by atoms with E-state index in [-0.39, 0.29) is 30.3 Å². The van der Waals surface area contributed by atoms with Gasteiger partial charge in [-0.05, 0) is 49.0 Å². The number of carbonyl (C=O) groups is 1. The number of fused-ring (bicyclic) bond motifs is 1. The lowest BCUT2D eigenvalue weighted by molar-refractivity contribution is -0.127. The van der Waals surface area contributed by atoms with Gasteiger partial charge in [-0.3, -0.25) is 4.79 Å². The molecule has 2 unspecified atom stereocenters. The van der Waals surface area contributed by atoms with Crippen LogP contribution in [0.4, 0.5) is 0 Å². The fourth-order valence-electron chi connectivity index (χ4n) is 2.96. The predicted molar refractivity (Wildman–Crippen MR) is 88.4 cm³/mol. The summed E-state index contributed by atoms with van der Waals surface area (Å²) in [6, 6.07) is 3.87. The van der Waals surface area contributed by atoms with Gasteiger partial charge in [-0.25, -0.2) is 0 Å². The minimum atomic E-state index is 0. The van der Waals surface area contributed by atoms with Crippen molar-refractivity contribution in [3.05, 3.63) is 33.3 Å². The summed E-state index contributed by atoms with van der Waals surface area (Å²) in [6.07, 6.45) is 1.77. The molecule has 0 saturated carbocycles. The number of carbonyl (C=O) groups excluding carboxylic acids is 1. The van der Waals surface area contributed by atoms with Gasteiger partial charge < -0.3 is 10.6 Å². The van der Waals surface area contributed by atoms with Gasteiger partial charge in [-0.1, -0.05) is 36.2 Å². The summed E-state index contributed by atoms with van der Waals surface area (Å²) in [7, 11) is 0. The van der Waals surface area contributed by atoms with E-state index in [1.165, 1.54) is 0 Å². The average molecular weight is 350 g/mol. The van der Waals surface area contributed by atoms with Gasteiger partial charge in [0, 0.05) is 5.92 Å². The second kappa shape index (κ2) is 6.74. The van der Waals surface area contributed by atoms with E-state index in [4.69, 9.17) is 23.2 Å². The molecule has 2 aliphatic rings. The molecular weight excluding hydrogens is 331 g/mol. The Morgan fingerprint density at radius 2 is 2.10 bits per heavy atom. The third-order valence-electron chi connectivity index (χ3n) is 4.54.